The fourth-order valence-electron chi connectivity index (χ4n) is 2.26. The second-order valence-electron chi connectivity index (χ2n) is 6.79. The average molecular weight is 416 g/mol. The van der Waals surface area contributed by atoms with Gasteiger partial charge in [0.25, 0.3) is 5.91 Å². The van der Waals surface area contributed by atoms with Crippen LogP contribution in [-0.4, -0.2) is 35.4 Å². The number of thiazole rings is 1. The predicted molar refractivity (Wildman–Crippen MR) is 114 cm³/mol. The van der Waals surface area contributed by atoms with E-state index in [1.54, 1.807) is 5.38 Å². The molecule has 1 aromatic heterocycles. The Labute approximate surface area is 174 Å². The highest BCUT2D eigenvalue weighted by atomic mass is 32.1. The third kappa shape index (κ3) is 6.83. The molecule has 1 heterocycles. The van der Waals surface area contributed by atoms with E-state index in [4.69, 9.17) is 4.74 Å². The smallest absolute Gasteiger partial charge is 0.331 e. The van der Waals surface area contributed by atoms with Crippen molar-refractivity contribution in [2.24, 2.45) is 5.92 Å². The van der Waals surface area contributed by atoms with Gasteiger partial charge in [0.1, 0.15) is 0 Å². The minimum atomic E-state index is -0.640. The molecule has 0 aliphatic heterocycles. The van der Waals surface area contributed by atoms with Gasteiger partial charge in [-0.25, -0.2) is 9.78 Å². The Hall–Kier alpha value is -3.00. The quantitative estimate of drug-likeness (QED) is 0.526. The number of benzene rings is 1. The SMILES string of the molecule is CC(=O)N(c1ccccc1)c1nc(/C=C/C(=O)OCC(=O)N[C@H](C)C(C)C)cs1. The third-order valence-electron chi connectivity index (χ3n) is 4.15. The van der Waals surface area contributed by atoms with Crippen molar-refractivity contribution in [3.63, 3.8) is 0 Å². The number of hydrogen-bond donors (Lipinski definition) is 1. The zero-order valence-electron chi connectivity index (χ0n) is 16.9. The second kappa shape index (κ2) is 10.5. The summed E-state index contributed by atoms with van der Waals surface area (Å²) < 4.78 is 4.94. The number of nitrogens with zero attached hydrogens (tertiary/aromatic N) is 2. The highest BCUT2D eigenvalue weighted by Crippen LogP contribution is 2.28. The molecule has 8 heteroatoms. The number of carbonyl (C=O) groups is 3. The second-order valence-corrected chi connectivity index (χ2v) is 7.62. The van der Waals surface area contributed by atoms with Crippen LogP contribution >= 0.6 is 11.3 Å². The topological polar surface area (TPSA) is 88.6 Å². The minimum absolute atomic E-state index is 0.000919. The highest BCUT2D eigenvalue weighted by Gasteiger charge is 2.17. The molecule has 0 radical (unpaired) electrons. The van der Waals surface area contributed by atoms with Gasteiger partial charge in [-0.15, -0.1) is 11.3 Å². The molecule has 2 aromatic rings. The first kappa shape index (κ1) is 22.3. The van der Waals surface area contributed by atoms with Crippen molar-refractivity contribution >= 4 is 46.0 Å². The van der Waals surface area contributed by atoms with Crippen molar-refractivity contribution in [2.75, 3.05) is 11.5 Å². The van der Waals surface area contributed by atoms with Crippen LogP contribution in [0.3, 0.4) is 0 Å². The number of nitrogens with one attached hydrogen (secondary N) is 1. The summed E-state index contributed by atoms with van der Waals surface area (Å²) in [6, 6.07) is 9.19. The molecule has 0 aliphatic carbocycles. The largest absolute Gasteiger partial charge is 0.452 e. The zero-order valence-corrected chi connectivity index (χ0v) is 17.7. The number of ether oxygens (including phenoxy) is 1. The van der Waals surface area contributed by atoms with Gasteiger partial charge in [0.2, 0.25) is 5.91 Å². The molecule has 1 aromatic carbocycles. The Bertz CT molecular complexity index is 877. The maximum absolute atomic E-state index is 12.1. The zero-order chi connectivity index (χ0) is 21.4. The summed E-state index contributed by atoms with van der Waals surface area (Å²) in [6.07, 6.45) is 2.69. The molecule has 2 rings (SSSR count). The number of aromatic nitrogens is 1. The number of para-hydroxylation sites is 1. The average Bonchev–Trinajstić information content (AvgIpc) is 3.13. The summed E-state index contributed by atoms with van der Waals surface area (Å²) in [5, 5.41) is 4.99. The lowest BCUT2D eigenvalue weighted by molar-refractivity contribution is -0.144. The number of rotatable bonds is 8. The van der Waals surface area contributed by atoms with Gasteiger partial charge in [0.15, 0.2) is 11.7 Å². The first-order valence-electron chi connectivity index (χ1n) is 9.23. The summed E-state index contributed by atoms with van der Waals surface area (Å²) in [7, 11) is 0. The Morgan fingerprint density at radius 2 is 1.90 bits per heavy atom. The molecule has 0 saturated carbocycles. The van der Waals surface area contributed by atoms with Crippen molar-refractivity contribution in [1.29, 1.82) is 0 Å². The molecule has 0 fully saturated rings. The standard InChI is InChI=1S/C21H25N3O4S/c1-14(2)15(3)22-19(26)12-28-20(27)11-10-17-13-29-21(23-17)24(16(4)25)18-8-6-5-7-9-18/h5-11,13-15H,12H2,1-4H3,(H,22,26)/b11-10+/t15-/m1/s1. The third-order valence-corrected chi connectivity index (χ3v) is 5.00. The van der Waals surface area contributed by atoms with Crippen LogP contribution in [0.2, 0.25) is 0 Å². The van der Waals surface area contributed by atoms with Gasteiger partial charge in [-0.3, -0.25) is 14.5 Å². The van der Waals surface area contributed by atoms with Gasteiger partial charge in [-0.2, -0.15) is 0 Å². The normalized spacial score (nSPS) is 12.0. The van der Waals surface area contributed by atoms with Crippen LogP contribution in [0.25, 0.3) is 6.08 Å². The number of esters is 1. The lowest BCUT2D eigenvalue weighted by Gasteiger charge is -2.17. The number of carbonyl (C=O) groups excluding carboxylic acids is 3. The summed E-state index contributed by atoms with van der Waals surface area (Å²) >= 11 is 1.29. The van der Waals surface area contributed by atoms with Gasteiger partial charge in [0, 0.05) is 24.4 Å². The lowest BCUT2D eigenvalue weighted by atomic mass is 10.1. The van der Waals surface area contributed by atoms with E-state index >= 15 is 0 Å². The molecule has 0 unspecified atom stereocenters. The Morgan fingerprint density at radius 3 is 2.52 bits per heavy atom. The Balaban J connectivity index is 1.95. The monoisotopic (exact) mass is 415 g/mol. The highest BCUT2D eigenvalue weighted by molar-refractivity contribution is 7.14. The van der Waals surface area contributed by atoms with Crippen LogP contribution in [0, 0.1) is 5.92 Å². The van der Waals surface area contributed by atoms with Gasteiger partial charge < -0.3 is 10.1 Å². The van der Waals surface area contributed by atoms with E-state index in [9.17, 15) is 14.4 Å². The maximum Gasteiger partial charge on any atom is 0.331 e. The molecule has 7 nitrogen and oxygen atoms in total. The van der Waals surface area contributed by atoms with Crippen molar-refractivity contribution in [2.45, 2.75) is 33.7 Å². The van der Waals surface area contributed by atoms with Gasteiger partial charge in [-0.05, 0) is 31.1 Å². The maximum atomic E-state index is 12.1. The molecule has 1 atom stereocenters. The van der Waals surface area contributed by atoms with E-state index in [0.717, 1.165) is 0 Å². The van der Waals surface area contributed by atoms with Crippen molar-refractivity contribution in [3.05, 3.63) is 47.5 Å². The molecule has 0 bridgehead atoms. The van der Waals surface area contributed by atoms with E-state index in [1.807, 2.05) is 51.1 Å². The molecule has 2 amide bonds. The number of amides is 2. The summed E-state index contributed by atoms with van der Waals surface area (Å²) in [6.45, 7) is 7.00. The first-order chi connectivity index (χ1) is 13.8. The van der Waals surface area contributed by atoms with Crippen LogP contribution < -0.4 is 10.2 Å². The fourth-order valence-corrected chi connectivity index (χ4v) is 3.11. The fraction of sp³-hybridized carbons (Fsp3) is 0.333. The van der Waals surface area contributed by atoms with Crippen molar-refractivity contribution < 1.29 is 19.1 Å². The van der Waals surface area contributed by atoms with E-state index < -0.39 is 5.97 Å². The molecular weight excluding hydrogens is 390 g/mol. The predicted octanol–water partition coefficient (Wildman–Crippen LogP) is 3.54. The van der Waals surface area contributed by atoms with Crippen LogP contribution in [-0.2, 0) is 19.1 Å². The molecular formula is C21H25N3O4S. The molecule has 0 spiro atoms. The van der Waals surface area contributed by atoms with Crippen molar-refractivity contribution in [3.8, 4) is 0 Å². The first-order valence-corrected chi connectivity index (χ1v) is 10.1. The van der Waals surface area contributed by atoms with E-state index in [-0.39, 0.29) is 24.5 Å². The van der Waals surface area contributed by atoms with Crippen LogP contribution in [0.4, 0.5) is 10.8 Å². The molecule has 29 heavy (non-hydrogen) atoms. The Morgan fingerprint density at radius 1 is 1.21 bits per heavy atom. The van der Waals surface area contributed by atoms with Crippen LogP contribution in [0.1, 0.15) is 33.4 Å². The van der Waals surface area contributed by atoms with Crippen molar-refractivity contribution in [1.82, 2.24) is 10.3 Å². The molecule has 0 aliphatic rings. The Kier molecular flexibility index (Phi) is 8.09. The van der Waals surface area contributed by atoms with Gasteiger partial charge in [-0.1, -0.05) is 32.0 Å². The number of hydrogen-bond acceptors (Lipinski definition) is 6. The van der Waals surface area contributed by atoms with Crippen LogP contribution in [0.5, 0.6) is 0 Å². The van der Waals surface area contributed by atoms with Crippen LogP contribution in [0.15, 0.2) is 41.8 Å². The lowest BCUT2D eigenvalue weighted by Crippen LogP contribution is -2.38. The summed E-state index contributed by atoms with van der Waals surface area (Å²) in [5.74, 6) is -0.858. The van der Waals surface area contributed by atoms with E-state index in [1.165, 1.54) is 35.3 Å². The summed E-state index contributed by atoms with van der Waals surface area (Å²) in [4.78, 5) is 41.5. The van der Waals surface area contributed by atoms with E-state index in [2.05, 4.69) is 10.3 Å². The van der Waals surface area contributed by atoms with E-state index in [0.29, 0.717) is 22.4 Å². The molecule has 154 valence electrons. The summed E-state index contributed by atoms with van der Waals surface area (Å²) in [5.41, 5.74) is 1.23. The number of anilines is 2. The van der Waals surface area contributed by atoms with Gasteiger partial charge in [0.05, 0.1) is 11.4 Å². The molecule has 0 saturated heterocycles. The molecule has 1 N–H and O–H groups in total. The van der Waals surface area contributed by atoms with Gasteiger partial charge >= 0.3 is 5.97 Å². The minimum Gasteiger partial charge on any atom is -0.452 e.